The molecule has 8 heteroatoms. The molecule has 1 heterocycles. The number of amides is 2. The Hall–Kier alpha value is -2.87. The second-order valence-corrected chi connectivity index (χ2v) is 8.64. The first-order valence-corrected chi connectivity index (χ1v) is 12.8. The topological polar surface area (TPSA) is 93.9 Å². The summed E-state index contributed by atoms with van der Waals surface area (Å²) in [5.74, 6) is 0.336. The first-order chi connectivity index (χ1) is 17.1. The van der Waals surface area contributed by atoms with Crippen molar-refractivity contribution in [3.05, 3.63) is 53.6 Å². The lowest BCUT2D eigenvalue weighted by Gasteiger charge is -2.23. The number of methoxy groups -OCH3 is 1. The predicted octanol–water partition coefficient (Wildman–Crippen LogP) is 5.46. The number of allylic oxidation sites excluding steroid dienone is 5. The molecule has 0 radical (unpaired) electrons. The van der Waals surface area contributed by atoms with E-state index in [0.29, 0.717) is 12.3 Å². The normalized spacial score (nSPS) is 12.8. The summed E-state index contributed by atoms with van der Waals surface area (Å²) in [6.07, 6.45) is 19.4. The minimum Gasteiger partial charge on any atom is -0.469 e. The largest absolute Gasteiger partial charge is 0.469 e. The molecule has 1 aromatic heterocycles. The number of aromatic nitrogens is 1. The van der Waals surface area contributed by atoms with E-state index in [4.69, 9.17) is 9.26 Å². The third kappa shape index (κ3) is 12.4. The second-order valence-electron chi connectivity index (χ2n) is 8.64. The van der Waals surface area contributed by atoms with Crippen LogP contribution < -0.4 is 5.32 Å². The molecule has 0 aliphatic heterocycles. The first kappa shape index (κ1) is 28.4. The SMILES string of the molecule is CCCCCCCN(CCCCc1cc(COCCC(=O)OC)on1)C(=O)NC1=CC=CCC=C1. The average Bonchev–Trinajstić information content (AvgIpc) is 3.16. The Morgan fingerprint density at radius 1 is 1.11 bits per heavy atom. The van der Waals surface area contributed by atoms with E-state index in [0.717, 1.165) is 56.5 Å². The summed E-state index contributed by atoms with van der Waals surface area (Å²) in [6.45, 7) is 4.23. The zero-order chi connectivity index (χ0) is 25.1. The summed E-state index contributed by atoms with van der Waals surface area (Å²) >= 11 is 0. The average molecular weight is 488 g/mol. The van der Waals surface area contributed by atoms with Crippen molar-refractivity contribution in [3.63, 3.8) is 0 Å². The van der Waals surface area contributed by atoms with Crippen molar-refractivity contribution in [3.8, 4) is 0 Å². The van der Waals surface area contributed by atoms with Crippen LogP contribution in [0.2, 0.25) is 0 Å². The molecule has 0 saturated carbocycles. The number of esters is 1. The van der Waals surface area contributed by atoms with Crippen LogP contribution in [0.5, 0.6) is 0 Å². The standard InChI is InChI=1S/C27H41N3O5/c1-3-4-5-8-12-18-30(27(32)28-23-14-9-6-7-10-15-23)19-13-11-16-24-21-25(35-29-24)22-34-20-17-26(31)33-2/h6,9-10,14-15,21H,3-5,7-8,11-13,16-20,22H2,1-2H3,(H,28,32). The van der Waals surface area contributed by atoms with Crippen molar-refractivity contribution in [2.75, 3.05) is 26.8 Å². The molecule has 0 atom stereocenters. The minimum absolute atomic E-state index is 0.0421. The smallest absolute Gasteiger partial charge is 0.321 e. The lowest BCUT2D eigenvalue weighted by molar-refractivity contribution is -0.142. The van der Waals surface area contributed by atoms with Crippen molar-refractivity contribution in [1.29, 1.82) is 0 Å². The van der Waals surface area contributed by atoms with Gasteiger partial charge < -0.3 is 24.2 Å². The molecule has 2 rings (SSSR count). The maximum Gasteiger partial charge on any atom is 0.321 e. The van der Waals surface area contributed by atoms with Crippen LogP contribution in [0, 0.1) is 0 Å². The number of nitrogens with zero attached hydrogens (tertiary/aromatic N) is 2. The molecule has 35 heavy (non-hydrogen) atoms. The Bertz CT molecular complexity index is 844. The van der Waals surface area contributed by atoms with Gasteiger partial charge in [-0.2, -0.15) is 0 Å². The van der Waals surface area contributed by atoms with Crippen LogP contribution in [0.15, 0.2) is 46.7 Å². The summed E-state index contributed by atoms with van der Waals surface area (Å²) < 4.78 is 15.3. The molecule has 0 unspecified atom stereocenters. The molecule has 0 spiro atoms. The van der Waals surface area contributed by atoms with Crippen molar-refractivity contribution < 1.29 is 23.6 Å². The van der Waals surface area contributed by atoms with Gasteiger partial charge >= 0.3 is 12.0 Å². The molecule has 0 fully saturated rings. The number of nitrogens with one attached hydrogen (secondary N) is 1. The van der Waals surface area contributed by atoms with Gasteiger partial charge in [0.05, 0.1) is 25.8 Å². The third-order valence-electron chi connectivity index (χ3n) is 5.69. The maximum atomic E-state index is 12.9. The highest BCUT2D eigenvalue weighted by molar-refractivity contribution is 5.76. The highest BCUT2D eigenvalue weighted by Gasteiger charge is 2.14. The fourth-order valence-corrected chi connectivity index (χ4v) is 3.67. The highest BCUT2D eigenvalue weighted by Crippen LogP contribution is 2.11. The summed E-state index contributed by atoms with van der Waals surface area (Å²) in [4.78, 5) is 26.0. The molecule has 2 amide bonds. The summed E-state index contributed by atoms with van der Waals surface area (Å²) in [5, 5.41) is 7.15. The molecule has 0 bridgehead atoms. The fourth-order valence-electron chi connectivity index (χ4n) is 3.67. The Labute approximate surface area is 209 Å². The van der Waals surface area contributed by atoms with Gasteiger partial charge in [0.1, 0.15) is 6.61 Å². The van der Waals surface area contributed by atoms with E-state index in [-0.39, 0.29) is 31.6 Å². The van der Waals surface area contributed by atoms with Crippen LogP contribution in [-0.4, -0.2) is 48.9 Å². The van der Waals surface area contributed by atoms with E-state index in [1.54, 1.807) is 0 Å². The van der Waals surface area contributed by atoms with Crippen molar-refractivity contribution in [1.82, 2.24) is 15.4 Å². The molecule has 0 aromatic carbocycles. The zero-order valence-corrected chi connectivity index (χ0v) is 21.3. The van der Waals surface area contributed by atoms with Gasteiger partial charge in [0, 0.05) is 24.9 Å². The lowest BCUT2D eigenvalue weighted by atomic mass is 10.1. The molecule has 0 saturated heterocycles. The van der Waals surface area contributed by atoms with Gasteiger partial charge in [0.25, 0.3) is 0 Å². The number of carbonyl (C=O) groups excluding carboxylic acids is 2. The van der Waals surface area contributed by atoms with Gasteiger partial charge in [-0.3, -0.25) is 4.79 Å². The monoisotopic (exact) mass is 487 g/mol. The van der Waals surface area contributed by atoms with Crippen molar-refractivity contribution >= 4 is 12.0 Å². The third-order valence-corrected chi connectivity index (χ3v) is 5.69. The van der Waals surface area contributed by atoms with Crippen molar-refractivity contribution in [2.24, 2.45) is 0 Å². The summed E-state index contributed by atoms with van der Waals surface area (Å²) in [7, 11) is 1.36. The van der Waals surface area contributed by atoms with Crippen LogP contribution in [0.25, 0.3) is 0 Å². The van der Waals surface area contributed by atoms with E-state index in [2.05, 4.69) is 28.2 Å². The number of ether oxygens (including phenoxy) is 2. The van der Waals surface area contributed by atoms with Crippen LogP contribution in [0.3, 0.4) is 0 Å². The van der Waals surface area contributed by atoms with Gasteiger partial charge in [-0.1, -0.05) is 56.0 Å². The van der Waals surface area contributed by atoms with Crippen LogP contribution in [0.1, 0.15) is 76.2 Å². The van der Waals surface area contributed by atoms with Gasteiger partial charge in [-0.25, -0.2) is 4.79 Å². The van der Waals surface area contributed by atoms with Crippen molar-refractivity contribution in [2.45, 2.75) is 77.7 Å². The molecule has 1 N–H and O–H groups in total. The molecule has 1 aromatic rings. The van der Waals surface area contributed by atoms with Gasteiger partial charge in [0.2, 0.25) is 0 Å². The van der Waals surface area contributed by atoms with E-state index < -0.39 is 0 Å². The van der Waals surface area contributed by atoms with Gasteiger partial charge in [-0.05, 0) is 44.3 Å². The molecule has 8 nitrogen and oxygen atoms in total. The van der Waals surface area contributed by atoms with E-state index in [1.165, 1.54) is 26.4 Å². The molecule has 1 aliphatic carbocycles. The van der Waals surface area contributed by atoms with Gasteiger partial charge in [-0.15, -0.1) is 0 Å². The molecular formula is C27H41N3O5. The van der Waals surface area contributed by atoms with Crippen LogP contribution in [0.4, 0.5) is 4.79 Å². The van der Waals surface area contributed by atoms with E-state index in [9.17, 15) is 9.59 Å². The number of unbranched alkanes of at least 4 members (excludes halogenated alkanes) is 5. The lowest BCUT2D eigenvalue weighted by Crippen LogP contribution is -2.40. The fraction of sp³-hybridized carbons (Fsp3) is 0.593. The maximum absolute atomic E-state index is 12.9. The Morgan fingerprint density at radius 2 is 1.91 bits per heavy atom. The Kier molecular flexibility index (Phi) is 14.2. The van der Waals surface area contributed by atoms with E-state index >= 15 is 0 Å². The quantitative estimate of drug-likeness (QED) is 0.232. The van der Waals surface area contributed by atoms with Gasteiger partial charge in [0.15, 0.2) is 5.76 Å². The molecule has 1 aliphatic rings. The number of aryl methyl sites for hydroxylation is 1. The number of carbonyl (C=O) groups is 2. The van der Waals surface area contributed by atoms with Crippen LogP contribution in [-0.2, 0) is 27.3 Å². The Morgan fingerprint density at radius 3 is 2.71 bits per heavy atom. The molecular weight excluding hydrogens is 446 g/mol. The minimum atomic E-state index is -0.300. The zero-order valence-electron chi connectivity index (χ0n) is 21.3. The predicted molar refractivity (Wildman–Crippen MR) is 136 cm³/mol. The number of rotatable bonds is 17. The summed E-state index contributed by atoms with van der Waals surface area (Å²) in [6, 6.07) is 1.84. The first-order valence-electron chi connectivity index (χ1n) is 12.8. The van der Waals surface area contributed by atoms with Crippen LogP contribution >= 0.6 is 0 Å². The number of hydrogen-bond acceptors (Lipinski definition) is 6. The number of hydrogen-bond donors (Lipinski definition) is 1. The number of urea groups is 1. The highest BCUT2D eigenvalue weighted by atomic mass is 16.5. The molecule has 194 valence electrons. The second kappa shape index (κ2) is 17.5. The summed E-state index contributed by atoms with van der Waals surface area (Å²) in [5.41, 5.74) is 1.69. The Balaban J connectivity index is 1.75. The van der Waals surface area contributed by atoms with E-state index in [1.807, 2.05) is 35.3 Å².